The Hall–Kier alpha value is -2.16. The topological polar surface area (TPSA) is 60.2 Å². The standard InChI is InChI=1S/C23H26N4O2S2/c1-16(22(28)26-11-10-17-6-2-3-7-18(17)14-26)31-23-25-24-21(20-9-5-13-30-20)27(23)15-19-8-4-12-29-19/h2-3,5-7,9,13,16,19H,4,8,10-12,14-15H2,1H3. The second-order valence-electron chi connectivity index (χ2n) is 8.07. The number of aromatic nitrogens is 3. The van der Waals surface area contributed by atoms with Crippen LogP contribution in [0.3, 0.4) is 0 Å². The molecule has 0 spiro atoms. The molecule has 1 amide bonds. The molecule has 0 aliphatic carbocycles. The molecular formula is C23H26N4O2S2. The molecule has 1 saturated heterocycles. The molecule has 3 aromatic rings. The van der Waals surface area contributed by atoms with Gasteiger partial charge in [-0.1, -0.05) is 42.1 Å². The number of rotatable bonds is 6. The highest BCUT2D eigenvalue weighted by atomic mass is 32.2. The summed E-state index contributed by atoms with van der Waals surface area (Å²) in [6.45, 7) is 4.96. The van der Waals surface area contributed by atoms with Gasteiger partial charge in [-0.3, -0.25) is 9.36 Å². The largest absolute Gasteiger partial charge is 0.376 e. The van der Waals surface area contributed by atoms with Crippen molar-refractivity contribution in [1.82, 2.24) is 19.7 Å². The minimum absolute atomic E-state index is 0.156. The van der Waals surface area contributed by atoms with Gasteiger partial charge in [0.25, 0.3) is 0 Å². The number of thioether (sulfide) groups is 1. The molecule has 2 aliphatic heterocycles. The molecule has 1 fully saturated rings. The Morgan fingerprint density at radius 1 is 1.26 bits per heavy atom. The van der Waals surface area contributed by atoms with Crippen LogP contribution in [0.25, 0.3) is 10.7 Å². The van der Waals surface area contributed by atoms with Crippen LogP contribution >= 0.6 is 23.1 Å². The number of ether oxygens (including phenoxy) is 1. The van der Waals surface area contributed by atoms with E-state index in [9.17, 15) is 4.79 Å². The van der Waals surface area contributed by atoms with Gasteiger partial charge < -0.3 is 9.64 Å². The minimum atomic E-state index is -0.228. The van der Waals surface area contributed by atoms with Crippen LogP contribution in [0.1, 0.15) is 30.9 Å². The number of carbonyl (C=O) groups excluding carboxylic acids is 1. The van der Waals surface area contributed by atoms with Crippen LogP contribution in [0, 0.1) is 0 Å². The van der Waals surface area contributed by atoms with Crippen molar-refractivity contribution < 1.29 is 9.53 Å². The van der Waals surface area contributed by atoms with Gasteiger partial charge in [-0.15, -0.1) is 21.5 Å². The minimum Gasteiger partial charge on any atom is -0.376 e. The van der Waals surface area contributed by atoms with Gasteiger partial charge in [-0.25, -0.2) is 0 Å². The maximum absolute atomic E-state index is 13.2. The third-order valence-electron chi connectivity index (χ3n) is 5.94. The molecule has 8 heteroatoms. The first-order valence-electron chi connectivity index (χ1n) is 10.8. The fraction of sp³-hybridized carbons (Fsp3) is 0.435. The van der Waals surface area contributed by atoms with E-state index in [2.05, 4.69) is 39.0 Å². The summed E-state index contributed by atoms with van der Waals surface area (Å²) in [5.41, 5.74) is 2.60. The van der Waals surface area contributed by atoms with Crippen LogP contribution in [0.4, 0.5) is 0 Å². The second kappa shape index (κ2) is 9.14. The summed E-state index contributed by atoms with van der Waals surface area (Å²) >= 11 is 3.16. The Morgan fingerprint density at radius 2 is 2.13 bits per heavy atom. The molecule has 4 heterocycles. The van der Waals surface area contributed by atoms with E-state index in [4.69, 9.17) is 4.74 Å². The lowest BCUT2D eigenvalue weighted by Crippen LogP contribution is -2.40. The zero-order chi connectivity index (χ0) is 21.2. The predicted octanol–water partition coefficient (Wildman–Crippen LogP) is 4.25. The quantitative estimate of drug-likeness (QED) is 0.521. The lowest BCUT2D eigenvalue weighted by molar-refractivity contribution is -0.131. The fourth-order valence-electron chi connectivity index (χ4n) is 4.27. The zero-order valence-corrected chi connectivity index (χ0v) is 19.2. The molecule has 162 valence electrons. The van der Waals surface area contributed by atoms with Gasteiger partial charge in [-0.2, -0.15) is 0 Å². The first-order valence-corrected chi connectivity index (χ1v) is 12.6. The predicted molar refractivity (Wildman–Crippen MR) is 123 cm³/mol. The summed E-state index contributed by atoms with van der Waals surface area (Å²) in [6, 6.07) is 12.5. The number of nitrogens with zero attached hydrogens (tertiary/aromatic N) is 4. The Morgan fingerprint density at radius 3 is 2.90 bits per heavy atom. The first-order chi connectivity index (χ1) is 15.2. The van der Waals surface area contributed by atoms with Crippen molar-refractivity contribution in [2.24, 2.45) is 0 Å². The van der Waals surface area contributed by atoms with E-state index >= 15 is 0 Å². The highest BCUT2D eigenvalue weighted by Crippen LogP contribution is 2.32. The third-order valence-corrected chi connectivity index (χ3v) is 7.87. The van der Waals surface area contributed by atoms with Crippen LogP contribution in [-0.2, 0) is 29.0 Å². The van der Waals surface area contributed by atoms with E-state index in [1.54, 1.807) is 11.3 Å². The maximum Gasteiger partial charge on any atom is 0.236 e. The van der Waals surface area contributed by atoms with Crippen molar-refractivity contribution in [3.63, 3.8) is 0 Å². The number of thiophene rings is 1. The van der Waals surface area contributed by atoms with Gasteiger partial charge >= 0.3 is 0 Å². The highest BCUT2D eigenvalue weighted by Gasteiger charge is 2.28. The van der Waals surface area contributed by atoms with E-state index in [1.807, 2.05) is 29.3 Å². The van der Waals surface area contributed by atoms with Crippen LogP contribution < -0.4 is 0 Å². The SMILES string of the molecule is CC(Sc1nnc(-c2cccs2)n1CC1CCCO1)C(=O)N1CCc2ccccc2C1. The van der Waals surface area contributed by atoms with E-state index < -0.39 is 0 Å². The van der Waals surface area contributed by atoms with Crippen molar-refractivity contribution in [1.29, 1.82) is 0 Å². The molecule has 5 rings (SSSR count). The average molecular weight is 455 g/mol. The molecule has 1 aromatic carbocycles. The van der Waals surface area contributed by atoms with E-state index in [0.717, 1.165) is 54.8 Å². The molecule has 0 bridgehead atoms. The number of hydrogen-bond acceptors (Lipinski definition) is 6. The van der Waals surface area contributed by atoms with Gasteiger partial charge in [0.05, 0.1) is 22.8 Å². The molecular weight excluding hydrogens is 428 g/mol. The molecule has 0 radical (unpaired) electrons. The average Bonchev–Trinajstić information content (AvgIpc) is 3.56. The fourth-order valence-corrected chi connectivity index (χ4v) is 5.93. The monoisotopic (exact) mass is 454 g/mol. The van der Waals surface area contributed by atoms with Gasteiger partial charge in [0.2, 0.25) is 5.91 Å². The van der Waals surface area contributed by atoms with Crippen LogP contribution in [0.15, 0.2) is 46.9 Å². The maximum atomic E-state index is 13.2. The smallest absolute Gasteiger partial charge is 0.236 e. The zero-order valence-electron chi connectivity index (χ0n) is 17.6. The van der Waals surface area contributed by atoms with Crippen molar-refractivity contribution >= 4 is 29.0 Å². The molecule has 2 atom stereocenters. The summed E-state index contributed by atoms with van der Waals surface area (Å²) in [5, 5.41) is 11.6. The molecule has 2 aliphatic rings. The van der Waals surface area contributed by atoms with E-state index in [1.165, 1.54) is 22.9 Å². The summed E-state index contributed by atoms with van der Waals surface area (Å²) in [7, 11) is 0. The Bertz CT molecular complexity index is 1040. The van der Waals surface area contributed by atoms with Crippen molar-refractivity contribution in [2.45, 2.75) is 55.8 Å². The Kier molecular flexibility index (Phi) is 6.11. The van der Waals surface area contributed by atoms with Crippen molar-refractivity contribution in [3.8, 4) is 10.7 Å². The molecule has 2 aromatic heterocycles. The van der Waals surface area contributed by atoms with Crippen molar-refractivity contribution in [3.05, 3.63) is 52.9 Å². The molecule has 31 heavy (non-hydrogen) atoms. The van der Waals surface area contributed by atoms with Gasteiger partial charge in [0.1, 0.15) is 0 Å². The molecule has 2 unspecified atom stereocenters. The summed E-state index contributed by atoms with van der Waals surface area (Å²) < 4.78 is 8.02. The number of fused-ring (bicyclic) bond motifs is 1. The van der Waals surface area contributed by atoms with Crippen LogP contribution in [0.2, 0.25) is 0 Å². The molecule has 0 N–H and O–H groups in total. The van der Waals surface area contributed by atoms with Gasteiger partial charge in [0.15, 0.2) is 11.0 Å². The summed E-state index contributed by atoms with van der Waals surface area (Å²) in [4.78, 5) is 16.3. The number of hydrogen-bond donors (Lipinski definition) is 0. The normalized spacial score (nSPS) is 19.4. The highest BCUT2D eigenvalue weighted by molar-refractivity contribution is 8.00. The summed E-state index contributed by atoms with van der Waals surface area (Å²) in [6.07, 6.45) is 3.23. The Balaban J connectivity index is 1.33. The van der Waals surface area contributed by atoms with E-state index in [0.29, 0.717) is 6.54 Å². The van der Waals surface area contributed by atoms with Crippen LogP contribution in [0.5, 0.6) is 0 Å². The van der Waals surface area contributed by atoms with Gasteiger partial charge in [0, 0.05) is 19.7 Å². The molecule has 0 saturated carbocycles. The Labute approximate surface area is 190 Å². The molecule has 6 nitrogen and oxygen atoms in total. The third kappa shape index (κ3) is 4.42. The second-order valence-corrected chi connectivity index (χ2v) is 10.3. The van der Waals surface area contributed by atoms with Crippen molar-refractivity contribution in [2.75, 3.05) is 13.2 Å². The summed E-state index contributed by atoms with van der Waals surface area (Å²) in [5.74, 6) is 1.02. The first kappa shape index (κ1) is 20.7. The number of carbonyl (C=O) groups is 1. The van der Waals surface area contributed by atoms with Gasteiger partial charge in [-0.05, 0) is 48.8 Å². The number of amides is 1. The number of benzene rings is 1. The van der Waals surface area contributed by atoms with Crippen LogP contribution in [-0.4, -0.2) is 50.1 Å². The lowest BCUT2D eigenvalue weighted by Gasteiger charge is -2.30. The lowest BCUT2D eigenvalue weighted by atomic mass is 10.00. The van der Waals surface area contributed by atoms with E-state index in [-0.39, 0.29) is 17.3 Å².